The number of aliphatic hydroxyl groups is 1. The van der Waals surface area contributed by atoms with Gasteiger partial charge in [0.25, 0.3) is 12.9 Å². The Hall–Kier alpha value is -5.81. The Morgan fingerprint density at radius 3 is 2.40 bits per heavy atom. The predicted molar refractivity (Wildman–Crippen MR) is 170 cm³/mol. The molecule has 4 aromatic heterocycles. The molecule has 5 aromatic rings. The number of pyridine rings is 2. The van der Waals surface area contributed by atoms with Crippen LogP contribution in [-0.2, 0) is 23.7 Å². The van der Waals surface area contributed by atoms with Gasteiger partial charge in [0, 0.05) is 29.0 Å². The third-order valence-corrected chi connectivity index (χ3v) is 8.66. The third-order valence-electron chi connectivity index (χ3n) is 8.66. The lowest BCUT2D eigenvalue weighted by Crippen LogP contribution is -2.36. The second-order valence-electron chi connectivity index (χ2n) is 13.0. The zero-order valence-corrected chi connectivity index (χ0v) is 27.5. The highest BCUT2D eigenvalue weighted by molar-refractivity contribution is 5.81. The Labute approximate surface area is 295 Å². The summed E-state index contributed by atoms with van der Waals surface area (Å²) in [6.07, 6.45) is -5.33. The number of rotatable bonds is 9. The van der Waals surface area contributed by atoms with Gasteiger partial charge in [0.15, 0.2) is 5.65 Å². The van der Waals surface area contributed by atoms with E-state index >= 15 is 8.78 Å². The molecule has 53 heavy (non-hydrogen) atoms. The number of nitrogens with one attached hydrogen (secondary N) is 1. The van der Waals surface area contributed by atoms with E-state index in [1.807, 2.05) is 0 Å². The van der Waals surface area contributed by atoms with Crippen LogP contribution >= 0.6 is 0 Å². The number of amides is 1. The molecule has 0 aliphatic heterocycles. The summed E-state index contributed by atoms with van der Waals surface area (Å²) in [6, 6.07) is 7.06. The second-order valence-corrected chi connectivity index (χ2v) is 13.0. The zero-order valence-electron chi connectivity index (χ0n) is 27.5. The van der Waals surface area contributed by atoms with Gasteiger partial charge in [-0.15, -0.1) is 10.2 Å². The van der Waals surface area contributed by atoms with Gasteiger partial charge in [0.05, 0.1) is 17.7 Å². The van der Waals surface area contributed by atoms with Crippen molar-refractivity contribution in [3.63, 3.8) is 0 Å². The largest absolute Gasteiger partial charge is 0.378 e. The van der Waals surface area contributed by atoms with E-state index in [-0.39, 0.29) is 40.1 Å². The topological polar surface area (TPSA) is 110 Å². The minimum Gasteiger partial charge on any atom is -0.378 e. The number of fused-ring (bicyclic) bond motifs is 4. The third kappa shape index (κ3) is 6.57. The van der Waals surface area contributed by atoms with E-state index in [4.69, 9.17) is 0 Å². The Bertz CT molecular complexity index is 2390. The van der Waals surface area contributed by atoms with Gasteiger partial charge in [-0.1, -0.05) is 17.8 Å². The molecule has 4 heterocycles. The van der Waals surface area contributed by atoms with Gasteiger partial charge in [-0.3, -0.25) is 13.9 Å². The number of aromatic nitrogens is 6. The van der Waals surface area contributed by atoms with Crippen LogP contribution in [0, 0.1) is 41.2 Å². The van der Waals surface area contributed by atoms with Crippen LogP contribution in [0.3, 0.4) is 0 Å². The number of carbonyl (C=O) groups is 1. The van der Waals surface area contributed by atoms with Crippen molar-refractivity contribution in [2.75, 3.05) is 0 Å². The molecule has 0 fully saturated rings. The summed E-state index contributed by atoms with van der Waals surface area (Å²) in [5.41, 5.74) is -3.40. The molecule has 17 heteroatoms. The fourth-order valence-corrected chi connectivity index (χ4v) is 6.47. The first-order chi connectivity index (χ1) is 25.0. The van der Waals surface area contributed by atoms with Crippen LogP contribution in [0.4, 0.5) is 35.1 Å². The lowest BCUT2D eigenvalue weighted by atomic mass is 9.84. The lowest BCUT2D eigenvalue weighted by molar-refractivity contribution is -0.123. The maximum absolute atomic E-state index is 15.4. The minimum absolute atomic E-state index is 0.00873. The van der Waals surface area contributed by atoms with E-state index in [0.717, 1.165) is 16.5 Å². The van der Waals surface area contributed by atoms with Gasteiger partial charge >= 0.3 is 5.92 Å². The molecule has 0 saturated carbocycles. The number of halogens is 8. The molecule has 2 aliphatic rings. The van der Waals surface area contributed by atoms with Gasteiger partial charge in [0.2, 0.25) is 11.7 Å². The Morgan fingerprint density at radius 2 is 1.75 bits per heavy atom. The van der Waals surface area contributed by atoms with Gasteiger partial charge in [-0.2, -0.15) is 13.9 Å². The van der Waals surface area contributed by atoms with Crippen molar-refractivity contribution in [3.05, 3.63) is 100 Å². The Balaban J connectivity index is 1.35. The number of nitrogens with zero attached hydrogens (tertiary/aromatic N) is 6. The molecule has 272 valence electrons. The Morgan fingerprint density at radius 1 is 1.02 bits per heavy atom. The number of benzene rings is 1. The molecule has 1 amide bonds. The summed E-state index contributed by atoms with van der Waals surface area (Å²) < 4.78 is 117. The maximum atomic E-state index is 15.4. The van der Waals surface area contributed by atoms with Crippen molar-refractivity contribution in [1.82, 2.24) is 34.7 Å². The smallest absolute Gasteiger partial charge is 0.304 e. The lowest BCUT2D eigenvalue weighted by Gasteiger charge is -2.24. The highest BCUT2D eigenvalue weighted by Crippen LogP contribution is 2.57. The van der Waals surface area contributed by atoms with E-state index in [1.54, 1.807) is 0 Å². The first-order valence-electron chi connectivity index (χ1n) is 15.9. The maximum Gasteiger partial charge on any atom is 0.304 e. The molecular weight excluding hydrogens is 714 g/mol. The number of alkyl halides is 6. The highest BCUT2D eigenvalue weighted by Gasteiger charge is 2.60. The van der Waals surface area contributed by atoms with Crippen LogP contribution < -0.4 is 5.32 Å². The van der Waals surface area contributed by atoms with E-state index < -0.39 is 89.1 Å². The molecule has 3 atom stereocenters. The van der Waals surface area contributed by atoms with Gasteiger partial charge in [0.1, 0.15) is 46.8 Å². The quantitative estimate of drug-likeness (QED) is 0.138. The molecule has 0 bridgehead atoms. The van der Waals surface area contributed by atoms with Crippen LogP contribution in [0.25, 0.3) is 16.8 Å². The number of carbonyl (C=O) groups excluding carboxylic acids is 1. The normalized spacial score (nSPS) is 17.5. The summed E-state index contributed by atoms with van der Waals surface area (Å²) in [5, 5.41) is 24.0. The first-order valence-corrected chi connectivity index (χ1v) is 15.9. The fraction of sp³-hybridized carbons (Fsp3) is 0.306. The minimum atomic E-state index is -3.69. The summed E-state index contributed by atoms with van der Waals surface area (Å²) in [7, 11) is 0. The van der Waals surface area contributed by atoms with E-state index in [9.17, 15) is 36.2 Å². The highest BCUT2D eigenvalue weighted by atomic mass is 19.3. The van der Waals surface area contributed by atoms with Crippen LogP contribution in [0.15, 0.2) is 48.7 Å². The molecule has 0 radical (unpaired) electrons. The first kappa shape index (κ1) is 35.6. The molecule has 2 N–H and O–H groups in total. The molecule has 7 rings (SSSR count). The van der Waals surface area contributed by atoms with Crippen molar-refractivity contribution in [3.8, 4) is 34.8 Å². The molecule has 9 nitrogen and oxygen atoms in total. The molecule has 2 aliphatic carbocycles. The van der Waals surface area contributed by atoms with Crippen molar-refractivity contribution in [2.24, 2.45) is 5.92 Å². The summed E-state index contributed by atoms with van der Waals surface area (Å²) in [4.78, 5) is 18.4. The molecular formula is C36H25F8N7O2. The SMILES string of the molecule is CC(C)(O)C#Cc1ccc(-c2cccn3c(C(F)F)nnc23)c([C@H](Cc2cc(F)cc(F)c2)NC(=O)Cn2nc(C(F)F)c3c2C(F)(F)[C@@H]2C#C[C@H]32)n1. The summed E-state index contributed by atoms with van der Waals surface area (Å²) >= 11 is 0. The van der Waals surface area contributed by atoms with Crippen molar-refractivity contribution in [1.29, 1.82) is 0 Å². The average molecular weight is 740 g/mol. The van der Waals surface area contributed by atoms with Crippen molar-refractivity contribution >= 4 is 11.6 Å². The van der Waals surface area contributed by atoms with Crippen molar-refractivity contribution < 1.29 is 45.0 Å². The van der Waals surface area contributed by atoms with E-state index in [1.165, 1.54) is 44.3 Å². The fourth-order valence-electron chi connectivity index (χ4n) is 6.47. The van der Waals surface area contributed by atoms with Gasteiger partial charge in [-0.25, -0.2) is 31.3 Å². The Kier molecular flexibility index (Phi) is 8.73. The summed E-state index contributed by atoms with van der Waals surface area (Å²) in [6.45, 7) is 1.84. The molecule has 0 unspecified atom stereocenters. The van der Waals surface area contributed by atoms with Crippen LogP contribution in [-0.4, -0.2) is 46.0 Å². The van der Waals surface area contributed by atoms with Crippen LogP contribution in [0.2, 0.25) is 0 Å². The molecule has 0 spiro atoms. The van der Waals surface area contributed by atoms with Crippen LogP contribution in [0.5, 0.6) is 0 Å². The molecule has 0 saturated heterocycles. The van der Waals surface area contributed by atoms with Gasteiger partial charge < -0.3 is 10.4 Å². The number of hydrogen-bond acceptors (Lipinski definition) is 6. The van der Waals surface area contributed by atoms with Gasteiger partial charge in [-0.05, 0) is 68.2 Å². The van der Waals surface area contributed by atoms with E-state index in [2.05, 4.69) is 49.3 Å². The second kappa shape index (κ2) is 13.0. The summed E-state index contributed by atoms with van der Waals surface area (Å²) in [5.74, 6) is 0.0199. The number of hydrogen-bond donors (Lipinski definition) is 2. The zero-order chi connectivity index (χ0) is 38.0. The molecule has 1 aromatic carbocycles. The monoisotopic (exact) mass is 739 g/mol. The standard InChI is InChI=1S/C36H25F8N7O2/c1-35(2,53)10-9-20-5-6-21(22-4-3-11-50-33(22)47-48-34(50)32(41)42)28(45-20)25(14-17-12-18(37)15-19(38)13-17)46-26(52)16-51-30-27(29(49-51)31(39)40)23-7-8-24(23)36(30,43)44/h3-6,11-13,15,23-25,31-32,53H,14,16H2,1-2H3,(H,46,52)/t23-,24+,25-/m0/s1. The predicted octanol–water partition coefficient (Wildman–Crippen LogP) is 6.19. The van der Waals surface area contributed by atoms with Crippen LogP contribution in [0.1, 0.15) is 78.4 Å². The van der Waals surface area contributed by atoms with Crippen molar-refractivity contribution in [2.45, 2.75) is 63.1 Å². The van der Waals surface area contributed by atoms with E-state index in [0.29, 0.717) is 10.7 Å². The average Bonchev–Trinajstić information content (AvgIpc) is 3.68.